The largest absolute Gasteiger partial charge is 0.299 e. The van der Waals surface area contributed by atoms with Gasteiger partial charge in [0.1, 0.15) is 0 Å². The summed E-state index contributed by atoms with van der Waals surface area (Å²) in [5, 5.41) is 0.375. The normalized spacial score (nSPS) is 12.4. The van der Waals surface area contributed by atoms with Crippen LogP contribution in [0.25, 0.3) is 5.65 Å². The number of nitrogens with zero attached hydrogens (tertiary/aromatic N) is 2. The van der Waals surface area contributed by atoms with Gasteiger partial charge in [0, 0.05) is 16.5 Å². The maximum absolute atomic E-state index is 13.8. The van der Waals surface area contributed by atoms with Crippen molar-refractivity contribution in [1.29, 1.82) is 0 Å². The summed E-state index contributed by atoms with van der Waals surface area (Å²) in [6.07, 6.45) is 1.74. The minimum Gasteiger partial charge on any atom is -0.299 e. The molecule has 0 fully saturated rings. The molecule has 2 rings (SSSR count). The molecule has 0 atom stereocenters. The van der Waals surface area contributed by atoms with E-state index in [4.69, 9.17) is 11.6 Å². The first-order chi connectivity index (χ1) is 7.32. The number of rotatable bonds is 0. The fourth-order valence-corrected chi connectivity index (χ4v) is 2.07. The van der Waals surface area contributed by atoms with Gasteiger partial charge in [-0.05, 0) is 6.07 Å². The summed E-state index contributed by atoms with van der Waals surface area (Å²) < 4.78 is 15.5. The van der Waals surface area contributed by atoms with Crippen LogP contribution in [-0.2, 0) is 5.41 Å². The Morgan fingerprint density at radius 1 is 1.44 bits per heavy atom. The predicted octanol–water partition coefficient (Wildman–Crippen LogP) is 3.71. The first kappa shape index (κ1) is 11.7. The van der Waals surface area contributed by atoms with Crippen LogP contribution in [0.1, 0.15) is 26.5 Å². The first-order valence-corrected chi connectivity index (χ1v) is 5.70. The van der Waals surface area contributed by atoms with Crippen LogP contribution < -0.4 is 0 Å². The van der Waals surface area contributed by atoms with Crippen molar-refractivity contribution in [3.05, 3.63) is 28.9 Å². The minimum atomic E-state index is -0.478. The number of imidazole rings is 1. The van der Waals surface area contributed by atoms with Crippen LogP contribution in [0.5, 0.6) is 0 Å². The first-order valence-electron chi connectivity index (χ1n) is 4.88. The predicted molar refractivity (Wildman–Crippen MR) is 66.1 cm³/mol. The highest BCUT2D eigenvalue weighted by Crippen LogP contribution is 2.31. The summed E-state index contributed by atoms with van der Waals surface area (Å²) in [5.41, 5.74) is 0.611. The number of pyridine rings is 1. The molecular weight excluding hydrogens is 247 g/mol. The van der Waals surface area contributed by atoms with Gasteiger partial charge in [0.25, 0.3) is 0 Å². The van der Waals surface area contributed by atoms with Crippen LogP contribution >= 0.6 is 24.2 Å². The van der Waals surface area contributed by atoms with Crippen molar-refractivity contribution < 1.29 is 4.39 Å². The molecule has 0 saturated carbocycles. The van der Waals surface area contributed by atoms with Crippen molar-refractivity contribution in [2.45, 2.75) is 31.1 Å². The van der Waals surface area contributed by atoms with E-state index in [9.17, 15) is 4.39 Å². The molecule has 0 N–H and O–H groups in total. The highest BCUT2D eigenvalue weighted by Gasteiger charge is 2.25. The zero-order valence-electron chi connectivity index (χ0n) is 9.25. The van der Waals surface area contributed by atoms with Gasteiger partial charge in [0.15, 0.2) is 5.65 Å². The molecule has 0 aromatic carbocycles. The Morgan fingerprint density at radius 3 is 2.62 bits per heavy atom. The average Bonchev–Trinajstić information content (AvgIpc) is 2.48. The lowest BCUT2D eigenvalue weighted by molar-refractivity contribution is 0.492. The number of hydrogen-bond acceptors (Lipinski definition) is 2. The molecule has 0 aliphatic heterocycles. The van der Waals surface area contributed by atoms with E-state index in [-0.39, 0.29) is 5.41 Å². The number of hydrogen-bond donors (Lipinski definition) is 1. The Kier molecular flexibility index (Phi) is 2.67. The summed E-state index contributed by atoms with van der Waals surface area (Å²) in [4.78, 5) is 4.45. The molecule has 0 bridgehead atoms. The summed E-state index contributed by atoms with van der Waals surface area (Å²) in [7, 11) is 0. The van der Waals surface area contributed by atoms with Gasteiger partial charge in [-0.25, -0.2) is 0 Å². The Labute approximate surface area is 104 Å². The van der Waals surface area contributed by atoms with Crippen molar-refractivity contribution in [3.8, 4) is 0 Å². The van der Waals surface area contributed by atoms with E-state index < -0.39 is 5.95 Å². The summed E-state index contributed by atoms with van der Waals surface area (Å²) in [5.74, 6) is -0.478. The molecule has 0 saturated heterocycles. The third-order valence-electron chi connectivity index (χ3n) is 2.38. The van der Waals surface area contributed by atoms with Gasteiger partial charge in [-0.1, -0.05) is 32.4 Å². The Hall–Kier alpha value is -0.740. The second-order valence-corrected chi connectivity index (χ2v) is 5.57. The van der Waals surface area contributed by atoms with E-state index in [1.807, 2.05) is 20.8 Å². The van der Waals surface area contributed by atoms with Crippen LogP contribution in [0.15, 0.2) is 17.2 Å². The van der Waals surface area contributed by atoms with Gasteiger partial charge in [-0.3, -0.25) is 4.40 Å². The number of fused-ring (bicyclic) bond motifs is 1. The highest BCUT2D eigenvalue weighted by molar-refractivity contribution is 7.80. The smallest absolute Gasteiger partial charge is 0.235 e. The monoisotopic (exact) mass is 258 g/mol. The van der Waals surface area contributed by atoms with Crippen LogP contribution in [0.3, 0.4) is 0 Å². The zero-order chi connectivity index (χ0) is 12.1. The van der Waals surface area contributed by atoms with Crippen LogP contribution in [0.4, 0.5) is 4.39 Å². The average molecular weight is 259 g/mol. The lowest BCUT2D eigenvalue weighted by Gasteiger charge is -2.18. The van der Waals surface area contributed by atoms with E-state index in [1.165, 1.54) is 0 Å². The molecule has 2 aromatic rings. The molecule has 2 aromatic heterocycles. The van der Waals surface area contributed by atoms with Crippen molar-refractivity contribution >= 4 is 29.9 Å². The van der Waals surface area contributed by atoms with Crippen LogP contribution in [0.2, 0.25) is 5.02 Å². The minimum absolute atomic E-state index is 0.328. The van der Waals surface area contributed by atoms with E-state index in [0.717, 1.165) is 0 Å². The number of aromatic nitrogens is 2. The summed E-state index contributed by atoms with van der Waals surface area (Å²) in [6.45, 7) is 5.80. The molecule has 86 valence electrons. The maximum atomic E-state index is 13.8. The quantitative estimate of drug-likeness (QED) is 0.713. The Morgan fingerprint density at radius 2 is 2.06 bits per heavy atom. The summed E-state index contributed by atoms with van der Waals surface area (Å²) in [6, 6.07) is 1.73. The summed E-state index contributed by atoms with van der Waals surface area (Å²) >= 11 is 10.2. The Balaban J connectivity index is 2.88. The maximum Gasteiger partial charge on any atom is 0.235 e. The van der Waals surface area contributed by atoms with E-state index in [1.54, 1.807) is 16.7 Å². The van der Waals surface area contributed by atoms with E-state index in [0.29, 0.717) is 21.3 Å². The second-order valence-electron chi connectivity index (χ2n) is 4.71. The molecule has 0 radical (unpaired) electrons. The lowest BCUT2D eigenvalue weighted by atomic mass is 9.92. The molecule has 5 heteroatoms. The van der Waals surface area contributed by atoms with Crippen molar-refractivity contribution in [2.24, 2.45) is 0 Å². The third kappa shape index (κ3) is 1.70. The fourth-order valence-electron chi connectivity index (χ4n) is 1.71. The van der Waals surface area contributed by atoms with Crippen molar-refractivity contribution in [3.63, 3.8) is 0 Å². The molecule has 0 spiro atoms. The Bertz CT molecular complexity index is 557. The van der Waals surface area contributed by atoms with Crippen LogP contribution in [-0.4, -0.2) is 9.38 Å². The van der Waals surface area contributed by atoms with Gasteiger partial charge in [0.05, 0.1) is 10.7 Å². The molecule has 2 heterocycles. The molecule has 0 aliphatic rings. The van der Waals surface area contributed by atoms with Gasteiger partial charge < -0.3 is 0 Å². The standard InChI is InChI=1S/C11H12ClFN2S/c1-11(2,3)8-9(13)14-10-7(12)6(16)4-5-15(8)10/h4-5,16H,1-3H3. The number of thiol groups is 1. The van der Waals surface area contributed by atoms with Gasteiger partial charge >= 0.3 is 0 Å². The molecule has 16 heavy (non-hydrogen) atoms. The van der Waals surface area contributed by atoms with Gasteiger partial charge in [-0.15, -0.1) is 12.6 Å². The second kappa shape index (κ2) is 3.64. The van der Waals surface area contributed by atoms with Crippen molar-refractivity contribution in [2.75, 3.05) is 0 Å². The number of halogens is 2. The molecule has 0 aliphatic carbocycles. The van der Waals surface area contributed by atoms with Crippen molar-refractivity contribution in [1.82, 2.24) is 9.38 Å². The van der Waals surface area contributed by atoms with Gasteiger partial charge in [0.2, 0.25) is 5.95 Å². The molecule has 0 amide bonds. The molecular formula is C11H12ClFN2S. The third-order valence-corrected chi connectivity index (χ3v) is 3.26. The van der Waals surface area contributed by atoms with E-state index >= 15 is 0 Å². The molecule has 2 nitrogen and oxygen atoms in total. The zero-order valence-corrected chi connectivity index (χ0v) is 10.9. The molecule has 0 unspecified atom stereocenters. The lowest BCUT2D eigenvalue weighted by Crippen LogP contribution is -2.16. The van der Waals surface area contributed by atoms with Crippen LogP contribution in [0, 0.1) is 5.95 Å². The fraction of sp³-hybridized carbons (Fsp3) is 0.364. The van der Waals surface area contributed by atoms with Gasteiger partial charge in [-0.2, -0.15) is 9.37 Å². The highest BCUT2D eigenvalue weighted by atomic mass is 35.5. The topological polar surface area (TPSA) is 17.3 Å². The SMILES string of the molecule is CC(C)(C)c1c(F)nc2c(Cl)c(S)ccn12. The van der Waals surface area contributed by atoms with E-state index in [2.05, 4.69) is 17.6 Å².